The summed E-state index contributed by atoms with van der Waals surface area (Å²) in [4.78, 5) is 15.7. The summed E-state index contributed by atoms with van der Waals surface area (Å²) in [5, 5.41) is 31.1. The topological polar surface area (TPSA) is 90.2 Å². The fourth-order valence-corrected chi connectivity index (χ4v) is 8.14. The lowest BCUT2D eigenvalue weighted by molar-refractivity contribution is 0.0961. The fourth-order valence-electron chi connectivity index (χ4n) is 8.14. The highest BCUT2D eigenvalue weighted by Gasteiger charge is 2.49. The van der Waals surface area contributed by atoms with Gasteiger partial charge in [0.25, 0.3) is 0 Å². The van der Waals surface area contributed by atoms with Crippen LogP contribution in [0.25, 0.3) is 0 Å². The first-order valence-electron chi connectivity index (χ1n) is 14.8. The van der Waals surface area contributed by atoms with Gasteiger partial charge in [-0.1, -0.05) is 45.0 Å². The lowest BCUT2D eigenvalue weighted by atomic mass is 9.65. The molecule has 6 heteroatoms. The molecule has 2 bridgehead atoms. The van der Waals surface area contributed by atoms with Crippen LogP contribution >= 0.6 is 0 Å². The van der Waals surface area contributed by atoms with Crippen LogP contribution in [0.2, 0.25) is 0 Å². The molecule has 2 aliphatic carbocycles. The number of phenolic OH excluding ortho intramolecular Hbond substituents is 3. The summed E-state index contributed by atoms with van der Waals surface area (Å²) in [6.07, 6.45) is 5.08. The number of rotatable bonds is 7. The number of fused-ring (bicyclic) bond motifs is 3. The molecule has 2 fully saturated rings. The van der Waals surface area contributed by atoms with Crippen molar-refractivity contribution in [1.82, 2.24) is 4.90 Å². The van der Waals surface area contributed by atoms with Gasteiger partial charge in [0.15, 0.2) is 5.78 Å². The Hall–Kier alpha value is -3.51. The van der Waals surface area contributed by atoms with E-state index in [1.54, 1.807) is 12.1 Å². The van der Waals surface area contributed by atoms with Gasteiger partial charge in [0.1, 0.15) is 29.6 Å². The van der Waals surface area contributed by atoms with E-state index >= 15 is 0 Å². The molecular formula is C35H41NO5. The molecule has 3 atom stereocenters. The third kappa shape index (κ3) is 5.67. The number of aromatic hydroxyl groups is 3. The quantitative estimate of drug-likeness (QED) is 0.305. The van der Waals surface area contributed by atoms with Crippen LogP contribution in [-0.2, 0) is 12.8 Å². The van der Waals surface area contributed by atoms with Crippen LogP contribution in [0.5, 0.6) is 23.0 Å². The summed E-state index contributed by atoms with van der Waals surface area (Å²) in [6, 6.07) is 16.8. The predicted octanol–water partition coefficient (Wildman–Crippen LogP) is 6.59. The Bertz CT molecular complexity index is 1440. The van der Waals surface area contributed by atoms with E-state index in [2.05, 4.69) is 25.7 Å². The first-order valence-corrected chi connectivity index (χ1v) is 14.8. The van der Waals surface area contributed by atoms with Crippen LogP contribution in [0.1, 0.15) is 85.0 Å². The third-order valence-corrected chi connectivity index (χ3v) is 9.51. The van der Waals surface area contributed by atoms with Crippen molar-refractivity contribution in [1.29, 1.82) is 0 Å². The molecule has 0 aromatic heterocycles. The first kappa shape index (κ1) is 27.6. The van der Waals surface area contributed by atoms with Crippen molar-refractivity contribution in [3.05, 3.63) is 82.4 Å². The number of ketones is 1. The molecule has 41 heavy (non-hydrogen) atoms. The number of hydrogen-bond donors (Lipinski definition) is 3. The smallest absolute Gasteiger partial charge is 0.167 e. The molecule has 216 valence electrons. The summed E-state index contributed by atoms with van der Waals surface area (Å²) in [6.45, 7) is 9.98. The number of likely N-dealkylation sites (tertiary alicyclic amines) is 1. The van der Waals surface area contributed by atoms with E-state index in [0.717, 1.165) is 30.0 Å². The molecule has 3 aromatic carbocycles. The van der Waals surface area contributed by atoms with Crippen LogP contribution in [0.3, 0.4) is 0 Å². The number of Topliss-reactive ketones (excluding diaryl/α,β-unsaturated/α-hetero) is 1. The van der Waals surface area contributed by atoms with Gasteiger partial charge in [0, 0.05) is 43.6 Å². The van der Waals surface area contributed by atoms with Gasteiger partial charge in [-0.2, -0.15) is 0 Å². The maximum atomic E-state index is 13.1. The number of nitrogens with zero attached hydrogens (tertiary/aromatic N) is 1. The van der Waals surface area contributed by atoms with Gasteiger partial charge in [-0.25, -0.2) is 0 Å². The number of benzene rings is 3. The second-order valence-corrected chi connectivity index (χ2v) is 13.7. The highest BCUT2D eigenvalue weighted by molar-refractivity contribution is 6.02. The van der Waals surface area contributed by atoms with Crippen LogP contribution in [0.4, 0.5) is 0 Å². The Morgan fingerprint density at radius 1 is 0.927 bits per heavy atom. The van der Waals surface area contributed by atoms with Crippen molar-refractivity contribution in [2.45, 2.75) is 71.3 Å². The zero-order chi connectivity index (χ0) is 28.9. The van der Waals surface area contributed by atoms with Gasteiger partial charge in [-0.15, -0.1) is 0 Å². The maximum Gasteiger partial charge on any atom is 0.167 e. The minimum atomic E-state index is -0.168. The second-order valence-electron chi connectivity index (χ2n) is 13.7. The summed E-state index contributed by atoms with van der Waals surface area (Å²) >= 11 is 0. The highest BCUT2D eigenvalue weighted by atomic mass is 16.5. The van der Waals surface area contributed by atoms with E-state index in [4.69, 9.17) is 4.74 Å². The van der Waals surface area contributed by atoms with Crippen LogP contribution < -0.4 is 4.74 Å². The lowest BCUT2D eigenvalue weighted by Crippen LogP contribution is -2.36. The Labute approximate surface area is 242 Å². The molecule has 3 unspecified atom stereocenters. The van der Waals surface area contributed by atoms with Gasteiger partial charge < -0.3 is 20.1 Å². The second kappa shape index (κ2) is 10.4. The third-order valence-electron chi connectivity index (χ3n) is 9.51. The van der Waals surface area contributed by atoms with E-state index in [9.17, 15) is 20.1 Å². The summed E-state index contributed by atoms with van der Waals surface area (Å²) in [7, 11) is 0. The molecule has 1 saturated carbocycles. The van der Waals surface area contributed by atoms with Crippen molar-refractivity contribution in [2.24, 2.45) is 10.8 Å². The van der Waals surface area contributed by atoms with Gasteiger partial charge in [0.05, 0.1) is 5.56 Å². The number of phenols is 3. The predicted molar refractivity (Wildman–Crippen MR) is 159 cm³/mol. The van der Waals surface area contributed by atoms with Crippen LogP contribution in [-0.4, -0.2) is 51.7 Å². The Morgan fingerprint density at radius 3 is 2.39 bits per heavy atom. The number of ether oxygens (including phenoxy) is 1. The standard InChI is InChI=1S/C35H41NO5/c1-34(2)18-25-19-35(3,20-34)21-36(25)12-13-41-27-10-4-22(5-11-27)14-28-29-15-24(23-6-8-26(37)9-7-23)16-31(39)33(29)32(40)17-30(28)38/h4-11,17,24-25,37-38,40H,12-16,18-21H2,1-3H3. The van der Waals surface area contributed by atoms with Crippen LogP contribution in [0.15, 0.2) is 54.6 Å². The van der Waals surface area contributed by atoms with E-state index < -0.39 is 0 Å². The molecule has 1 aliphatic heterocycles. The Kier molecular flexibility index (Phi) is 7.01. The molecule has 0 spiro atoms. The highest BCUT2D eigenvalue weighted by Crippen LogP contribution is 2.52. The van der Waals surface area contributed by atoms with E-state index in [1.807, 2.05) is 36.4 Å². The molecular weight excluding hydrogens is 514 g/mol. The fraction of sp³-hybridized carbons (Fsp3) is 0.457. The Balaban J connectivity index is 1.13. The Morgan fingerprint density at radius 2 is 1.66 bits per heavy atom. The molecule has 3 aromatic rings. The normalized spacial score (nSPS) is 25.2. The maximum absolute atomic E-state index is 13.1. The zero-order valence-electron chi connectivity index (χ0n) is 24.3. The monoisotopic (exact) mass is 555 g/mol. The summed E-state index contributed by atoms with van der Waals surface area (Å²) in [5.41, 5.74) is 4.45. The minimum Gasteiger partial charge on any atom is -0.508 e. The molecule has 6 rings (SSSR count). The molecule has 1 saturated heterocycles. The van der Waals surface area contributed by atoms with Crippen molar-refractivity contribution < 1.29 is 24.9 Å². The van der Waals surface area contributed by atoms with Crippen molar-refractivity contribution in [2.75, 3.05) is 19.7 Å². The van der Waals surface area contributed by atoms with Gasteiger partial charge in [0.2, 0.25) is 0 Å². The lowest BCUT2D eigenvalue weighted by Gasteiger charge is -2.39. The first-order chi connectivity index (χ1) is 19.5. The number of hydrogen-bond acceptors (Lipinski definition) is 6. The molecule has 3 aliphatic rings. The van der Waals surface area contributed by atoms with Crippen LogP contribution in [0, 0.1) is 10.8 Å². The van der Waals surface area contributed by atoms with Crippen molar-refractivity contribution in [3.8, 4) is 23.0 Å². The molecule has 0 amide bonds. The van der Waals surface area contributed by atoms with E-state index in [1.165, 1.54) is 25.3 Å². The summed E-state index contributed by atoms with van der Waals surface area (Å²) < 4.78 is 6.14. The van der Waals surface area contributed by atoms with Gasteiger partial charge in [-0.3, -0.25) is 9.69 Å². The SMILES string of the molecule is CC1(C)CC2CC(C)(CN2CCOc2ccc(Cc3c(O)cc(O)c4c3CC(c3ccc(O)cc3)CC4=O)cc2)C1. The zero-order valence-corrected chi connectivity index (χ0v) is 24.3. The van der Waals surface area contributed by atoms with Crippen molar-refractivity contribution >= 4 is 5.78 Å². The molecule has 3 N–H and O–H groups in total. The number of carbonyl (C=O) groups is 1. The number of carbonyl (C=O) groups excluding carboxylic acids is 1. The molecule has 0 radical (unpaired) electrons. The minimum absolute atomic E-state index is 0.00608. The van der Waals surface area contributed by atoms with Gasteiger partial charge in [-0.05, 0) is 83.4 Å². The van der Waals surface area contributed by atoms with E-state index in [0.29, 0.717) is 53.0 Å². The van der Waals surface area contributed by atoms with Crippen molar-refractivity contribution in [3.63, 3.8) is 0 Å². The average molecular weight is 556 g/mol. The summed E-state index contributed by atoms with van der Waals surface area (Å²) in [5.74, 6) is 0.604. The molecule has 1 heterocycles. The largest absolute Gasteiger partial charge is 0.508 e. The van der Waals surface area contributed by atoms with Gasteiger partial charge >= 0.3 is 0 Å². The van der Waals surface area contributed by atoms with E-state index in [-0.39, 0.29) is 35.4 Å². The molecule has 6 nitrogen and oxygen atoms in total. The average Bonchev–Trinajstić information content (AvgIpc) is 3.14.